The molecule has 1 fully saturated rings. The third-order valence-electron chi connectivity index (χ3n) is 4.33. The van der Waals surface area contributed by atoms with Crippen LogP contribution < -0.4 is 5.32 Å². The zero-order valence-corrected chi connectivity index (χ0v) is 14.0. The van der Waals surface area contributed by atoms with Crippen molar-refractivity contribution in [3.63, 3.8) is 0 Å². The van der Waals surface area contributed by atoms with Crippen molar-refractivity contribution in [3.8, 4) is 12.3 Å². The van der Waals surface area contributed by atoms with Crippen LogP contribution in [0.3, 0.4) is 0 Å². The molecule has 130 valence electrons. The van der Waals surface area contributed by atoms with Crippen molar-refractivity contribution < 1.29 is 14.6 Å². The number of aliphatic hydroxyl groups is 1. The summed E-state index contributed by atoms with van der Waals surface area (Å²) in [4.78, 5) is 14.4. The highest BCUT2D eigenvalue weighted by atomic mass is 16.5. The van der Waals surface area contributed by atoms with Crippen LogP contribution in [-0.2, 0) is 16.1 Å². The number of likely N-dealkylation sites (tertiary alicyclic amines) is 1. The van der Waals surface area contributed by atoms with E-state index in [9.17, 15) is 9.90 Å². The molecule has 1 heterocycles. The van der Waals surface area contributed by atoms with E-state index in [4.69, 9.17) is 11.2 Å². The number of nitrogens with zero attached hydrogens (tertiary/aromatic N) is 1. The number of carbonyl (C=O) groups excluding carboxylic acids is 1. The molecule has 1 aromatic carbocycles. The van der Waals surface area contributed by atoms with Crippen molar-refractivity contribution >= 4 is 5.91 Å². The molecular formula is C19H26N2O3. The predicted molar refractivity (Wildman–Crippen MR) is 93.1 cm³/mol. The molecule has 5 heteroatoms. The first-order valence-electron chi connectivity index (χ1n) is 8.40. The number of hydrogen-bond donors (Lipinski definition) is 2. The smallest absolute Gasteiger partial charge is 0.222 e. The van der Waals surface area contributed by atoms with E-state index in [-0.39, 0.29) is 37.5 Å². The summed E-state index contributed by atoms with van der Waals surface area (Å²) in [6.45, 7) is 3.17. The highest BCUT2D eigenvalue weighted by Gasteiger charge is 2.29. The summed E-state index contributed by atoms with van der Waals surface area (Å²) in [7, 11) is 0. The van der Waals surface area contributed by atoms with Gasteiger partial charge >= 0.3 is 0 Å². The standard InChI is InChI=1S/C19H26N2O3/c1-2-11-24-12-9-19(23)20-18-14-21(10-8-17(18)15-22)13-16-6-4-3-5-7-16/h1,3-7,17-18,22H,8-15H2,(H,20,23). The number of hydrogen-bond acceptors (Lipinski definition) is 4. The normalized spacial score (nSPS) is 21.2. The quantitative estimate of drug-likeness (QED) is 0.552. The highest BCUT2D eigenvalue weighted by molar-refractivity contribution is 5.76. The largest absolute Gasteiger partial charge is 0.396 e. The summed E-state index contributed by atoms with van der Waals surface area (Å²) in [5.41, 5.74) is 1.26. The number of benzene rings is 1. The van der Waals surface area contributed by atoms with Crippen molar-refractivity contribution in [2.75, 3.05) is 32.9 Å². The molecule has 1 aromatic rings. The maximum absolute atomic E-state index is 12.1. The van der Waals surface area contributed by atoms with Gasteiger partial charge in [0.2, 0.25) is 5.91 Å². The average Bonchev–Trinajstić information content (AvgIpc) is 2.60. The molecule has 24 heavy (non-hydrogen) atoms. The Labute approximate surface area is 144 Å². The first kappa shape index (κ1) is 18.5. The fourth-order valence-corrected chi connectivity index (χ4v) is 3.01. The van der Waals surface area contributed by atoms with Crippen molar-refractivity contribution in [1.29, 1.82) is 0 Å². The van der Waals surface area contributed by atoms with E-state index in [0.717, 1.165) is 26.1 Å². The van der Waals surface area contributed by atoms with E-state index < -0.39 is 0 Å². The number of ether oxygens (including phenoxy) is 1. The fraction of sp³-hybridized carbons (Fsp3) is 0.526. The van der Waals surface area contributed by atoms with Crippen LogP contribution in [0.25, 0.3) is 0 Å². The molecule has 1 aliphatic rings. The molecular weight excluding hydrogens is 304 g/mol. The lowest BCUT2D eigenvalue weighted by atomic mass is 9.92. The molecule has 0 saturated carbocycles. The lowest BCUT2D eigenvalue weighted by molar-refractivity contribution is -0.123. The van der Waals surface area contributed by atoms with Gasteiger partial charge in [0, 0.05) is 31.7 Å². The molecule has 2 N–H and O–H groups in total. The Bertz CT molecular complexity index is 541. The Morgan fingerprint density at radius 2 is 2.21 bits per heavy atom. The second-order valence-electron chi connectivity index (χ2n) is 6.13. The average molecular weight is 330 g/mol. The molecule has 1 amide bonds. The first-order chi connectivity index (χ1) is 11.7. The van der Waals surface area contributed by atoms with Gasteiger partial charge in [0.15, 0.2) is 0 Å². The van der Waals surface area contributed by atoms with E-state index >= 15 is 0 Å². The van der Waals surface area contributed by atoms with Gasteiger partial charge in [-0.1, -0.05) is 36.3 Å². The maximum atomic E-state index is 12.1. The third kappa shape index (κ3) is 5.97. The molecule has 2 rings (SSSR count). The van der Waals surface area contributed by atoms with Crippen LogP contribution in [0.2, 0.25) is 0 Å². The summed E-state index contributed by atoms with van der Waals surface area (Å²) in [6, 6.07) is 10.2. The molecule has 0 aliphatic carbocycles. The van der Waals surface area contributed by atoms with Gasteiger partial charge in [0.05, 0.1) is 13.0 Å². The highest BCUT2D eigenvalue weighted by Crippen LogP contribution is 2.19. The van der Waals surface area contributed by atoms with Gasteiger partial charge in [0.1, 0.15) is 6.61 Å². The predicted octanol–water partition coefficient (Wildman–Crippen LogP) is 1.03. The third-order valence-corrected chi connectivity index (χ3v) is 4.33. The molecule has 1 aliphatic heterocycles. The summed E-state index contributed by atoms with van der Waals surface area (Å²) in [5.74, 6) is 2.42. The Hall–Kier alpha value is -1.87. The van der Waals surface area contributed by atoms with Crippen molar-refractivity contribution in [2.24, 2.45) is 5.92 Å². The van der Waals surface area contributed by atoms with Crippen molar-refractivity contribution in [3.05, 3.63) is 35.9 Å². The van der Waals surface area contributed by atoms with Crippen molar-refractivity contribution in [2.45, 2.75) is 25.4 Å². The van der Waals surface area contributed by atoms with Crippen LogP contribution in [0, 0.1) is 18.3 Å². The summed E-state index contributed by atoms with van der Waals surface area (Å²) in [6.07, 6.45) is 6.26. The number of aliphatic hydroxyl groups excluding tert-OH is 1. The lowest BCUT2D eigenvalue weighted by Crippen LogP contribution is -2.53. The number of piperidine rings is 1. The number of nitrogens with one attached hydrogen (secondary N) is 1. The van der Waals surface area contributed by atoms with Crippen LogP contribution in [0.5, 0.6) is 0 Å². The van der Waals surface area contributed by atoms with Gasteiger partial charge < -0.3 is 15.2 Å². The molecule has 0 radical (unpaired) electrons. The SMILES string of the molecule is C#CCOCCC(=O)NC1CN(Cc2ccccc2)CCC1CO. The summed E-state index contributed by atoms with van der Waals surface area (Å²) >= 11 is 0. The van der Waals surface area contributed by atoms with E-state index in [0.29, 0.717) is 6.61 Å². The second kappa shape index (κ2) is 10.1. The molecule has 5 nitrogen and oxygen atoms in total. The molecule has 0 spiro atoms. The van der Waals surface area contributed by atoms with Gasteiger partial charge in [-0.15, -0.1) is 6.42 Å². The lowest BCUT2D eigenvalue weighted by Gasteiger charge is -2.38. The van der Waals surface area contributed by atoms with Crippen LogP contribution in [0.1, 0.15) is 18.4 Å². The molecule has 2 unspecified atom stereocenters. The molecule has 1 saturated heterocycles. The first-order valence-corrected chi connectivity index (χ1v) is 8.40. The van der Waals surface area contributed by atoms with Crippen LogP contribution in [-0.4, -0.2) is 54.9 Å². The zero-order valence-electron chi connectivity index (χ0n) is 14.0. The maximum Gasteiger partial charge on any atom is 0.222 e. The van der Waals surface area contributed by atoms with Gasteiger partial charge in [-0.3, -0.25) is 9.69 Å². The minimum Gasteiger partial charge on any atom is -0.396 e. The van der Waals surface area contributed by atoms with Gasteiger partial charge in [-0.2, -0.15) is 0 Å². The second-order valence-corrected chi connectivity index (χ2v) is 6.13. The van der Waals surface area contributed by atoms with Gasteiger partial charge in [-0.05, 0) is 18.5 Å². The topological polar surface area (TPSA) is 61.8 Å². The van der Waals surface area contributed by atoms with Gasteiger partial charge in [0.25, 0.3) is 0 Å². The van der Waals surface area contributed by atoms with E-state index in [1.165, 1.54) is 5.56 Å². The summed E-state index contributed by atoms with van der Waals surface area (Å²) < 4.78 is 5.14. The van der Waals surface area contributed by atoms with Crippen molar-refractivity contribution in [1.82, 2.24) is 10.2 Å². The van der Waals surface area contributed by atoms with E-state index in [2.05, 4.69) is 28.3 Å². The molecule has 0 bridgehead atoms. The van der Waals surface area contributed by atoms with Gasteiger partial charge in [-0.25, -0.2) is 0 Å². The number of terminal acetylenes is 1. The monoisotopic (exact) mass is 330 g/mol. The number of amides is 1. The van der Waals surface area contributed by atoms with E-state index in [1.54, 1.807) is 0 Å². The van der Waals surface area contributed by atoms with E-state index in [1.807, 2.05) is 18.2 Å². The number of rotatable bonds is 8. The van der Waals surface area contributed by atoms with Crippen LogP contribution in [0.4, 0.5) is 0 Å². The minimum absolute atomic E-state index is 0.0346. The number of carbonyl (C=O) groups is 1. The Balaban J connectivity index is 1.83. The van der Waals surface area contributed by atoms with Crippen LogP contribution >= 0.6 is 0 Å². The Morgan fingerprint density at radius 1 is 1.42 bits per heavy atom. The Morgan fingerprint density at radius 3 is 2.92 bits per heavy atom. The fourth-order valence-electron chi connectivity index (χ4n) is 3.01. The van der Waals surface area contributed by atoms with Crippen LogP contribution in [0.15, 0.2) is 30.3 Å². The molecule has 2 atom stereocenters. The Kier molecular flexibility index (Phi) is 7.76. The molecule has 0 aromatic heterocycles. The minimum atomic E-state index is -0.0583. The summed E-state index contributed by atoms with van der Waals surface area (Å²) in [5, 5.41) is 12.6. The zero-order chi connectivity index (χ0) is 17.2.